The number of aromatic nitrogens is 3. The van der Waals surface area contributed by atoms with Gasteiger partial charge in [0.05, 0.1) is 17.8 Å². The van der Waals surface area contributed by atoms with E-state index in [0.717, 1.165) is 0 Å². The summed E-state index contributed by atoms with van der Waals surface area (Å²) in [6.07, 6.45) is 1.46. The molecule has 2 aromatic heterocycles. The molecule has 1 N–H and O–H groups in total. The lowest BCUT2D eigenvalue weighted by molar-refractivity contribution is -0.185. The Balaban J connectivity index is 1.62. The van der Waals surface area contributed by atoms with Crippen molar-refractivity contribution in [2.45, 2.75) is 31.9 Å². The number of alkyl halides is 3. The van der Waals surface area contributed by atoms with E-state index in [4.69, 9.17) is 0 Å². The van der Waals surface area contributed by atoms with Crippen LogP contribution in [0.4, 0.5) is 18.9 Å². The molecule has 1 saturated carbocycles. The summed E-state index contributed by atoms with van der Waals surface area (Å²) in [5.74, 6) is -1.79. The van der Waals surface area contributed by atoms with Crippen LogP contribution in [0.5, 0.6) is 0 Å². The summed E-state index contributed by atoms with van der Waals surface area (Å²) in [6, 6.07) is 5.10. The third-order valence-electron chi connectivity index (χ3n) is 4.26. The first-order valence-electron chi connectivity index (χ1n) is 7.77. The molecule has 2 atom stereocenters. The van der Waals surface area contributed by atoms with Gasteiger partial charge in [-0.3, -0.25) is 4.79 Å². The Kier molecular flexibility index (Phi) is 4.55. The van der Waals surface area contributed by atoms with Crippen molar-refractivity contribution in [3.8, 4) is 5.82 Å². The van der Waals surface area contributed by atoms with Crippen LogP contribution >= 0.6 is 0 Å². The van der Waals surface area contributed by atoms with E-state index in [-0.39, 0.29) is 18.7 Å². The summed E-state index contributed by atoms with van der Waals surface area (Å²) in [4.78, 5) is 16.4. The fourth-order valence-corrected chi connectivity index (χ4v) is 2.97. The molecular formula is C16H17F3N4O. The molecule has 0 saturated heterocycles. The van der Waals surface area contributed by atoms with Gasteiger partial charge in [-0.1, -0.05) is 6.42 Å². The number of carbonyl (C=O) groups excluding carboxylic acids is 1. The molecule has 0 radical (unpaired) electrons. The van der Waals surface area contributed by atoms with Gasteiger partial charge in [0.25, 0.3) is 0 Å². The van der Waals surface area contributed by atoms with Crippen LogP contribution in [-0.4, -0.2) is 26.8 Å². The summed E-state index contributed by atoms with van der Waals surface area (Å²) in [6.45, 7) is 0. The fourth-order valence-electron chi connectivity index (χ4n) is 2.97. The van der Waals surface area contributed by atoms with Gasteiger partial charge in [0, 0.05) is 18.3 Å². The van der Waals surface area contributed by atoms with Crippen molar-refractivity contribution in [3.63, 3.8) is 0 Å². The Morgan fingerprint density at radius 3 is 2.75 bits per heavy atom. The molecule has 0 aromatic carbocycles. The Morgan fingerprint density at radius 1 is 1.29 bits per heavy atom. The van der Waals surface area contributed by atoms with Crippen molar-refractivity contribution in [2.24, 2.45) is 11.8 Å². The van der Waals surface area contributed by atoms with Gasteiger partial charge in [-0.25, -0.2) is 9.67 Å². The number of halogens is 3. The zero-order chi connectivity index (χ0) is 17.2. The number of anilines is 1. The zero-order valence-corrected chi connectivity index (χ0v) is 12.8. The third-order valence-corrected chi connectivity index (χ3v) is 4.26. The maximum atomic E-state index is 12.8. The highest BCUT2D eigenvalue weighted by Crippen LogP contribution is 2.40. The number of nitrogens with zero attached hydrogens (tertiary/aromatic N) is 3. The van der Waals surface area contributed by atoms with E-state index in [1.54, 1.807) is 35.3 Å². The van der Waals surface area contributed by atoms with Crippen molar-refractivity contribution < 1.29 is 18.0 Å². The predicted molar refractivity (Wildman–Crippen MR) is 81.5 cm³/mol. The van der Waals surface area contributed by atoms with Gasteiger partial charge < -0.3 is 5.32 Å². The molecule has 0 unspecified atom stereocenters. The number of hydrogen-bond donors (Lipinski definition) is 1. The molecule has 1 amide bonds. The second-order valence-electron chi connectivity index (χ2n) is 5.95. The van der Waals surface area contributed by atoms with Gasteiger partial charge in [-0.2, -0.15) is 18.3 Å². The van der Waals surface area contributed by atoms with Crippen LogP contribution in [0.15, 0.2) is 36.8 Å². The first-order valence-corrected chi connectivity index (χ1v) is 7.77. The highest BCUT2D eigenvalue weighted by atomic mass is 19.4. The minimum atomic E-state index is -4.23. The van der Waals surface area contributed by atoms with Gasteiger partial charge in [0.2, 0.25) is 5.91 Å². The lowest BCUT2D eigenvalue weighted by Crippen LogP contribution is -2.34. The lowest BCUT2D eigenvalue weighted by atomic mass is 9.80. The molecule has 8 heteroatoms. The Morgan fingerprint density at radius 2 is 2.12 bits per heavy atom. The highest BCUT2D eigenvalue weighted by molar-refractivity contribution is 5.92. The second kappa shape index (κ2) is 6.62. The number of carbonyl (C=O) groups is 1. The van der Waals surface area contributed by atoms with E-state index in [1.165, 1.54) is 6.20 Å². The first kappa shape index (κ1) is 16.5. The molecule has 0 aliphatic heterocycles. The summed E-state index contributed by atoms with van der Waals surface area (Å²) < 4.78 is 40.1. The van der Waals surface area contributed by atoms with Gasteiger partial charge in [0.1, 0.15) is 0 Å². The molecule has 2 heterocycles. The number of amides is 1. The van der Waals surface area contributed by atoms with Crippen molar-refractivity contribution in [1.29, 1.82) is 0 Å². The van der Waals surface area contributed by atoms with E-state index in [0.29, 0.717) is 24.3 Å². The summed E-state index contributed by atoms with van der Waals surface area (Å²) >= 11 is 0. The molecular weight excluding hydrogens is 321 g/mol. The number of rotatable bonds is 3. The third kappa shape index (κ3) is 3.74. The Bertz CT molecular complexity index is 682. The summed E-state index contributed by atoms with van der Waals surface area (Å²) in [5, 5.41) is 6.70. The topological polar surface area (TPSA) is 59.8 Å². The summed E-state index contributed by atoms with van der Waals surface area (Å²) in [5.41, 5.74) is 0.463. The van der Waals surface area contributed by atoms with Crippen LogP contribution in [-0.2, 0) is 4.79 Å². The Hall–Kier alpha value is -2.38. The smallest absolute Gasteiger partial charge is 0.324 e. The monoisotopic (exact) mass is 338 g/mol. The van der Waals surface area contributed by atoms with Gasteiger partial charge in [-0.05, 0) is 37.5 Å². The molecule has 0 spiro atoms. The van der Waals surface area contributed by atoms with E-state index in [9.17, 15) is 18.0 Å². The lowest BCUT2D eigenvalue weighted by Gasteiger charge is -2.29. The van der Waals surface area contributed by atoms with Crippen molar-refractivity contribution >= 4 is 11.6 Å². The minimum Gasteiger partial charge on any atom is -0.324 e. The average Bonchev–Trinajstić information content (AvgIpc) is 3.09. The van der Waals surface area contributed by atoms with Gasteiger partial charge >= 0.3 is 6.18 Å². The highest BCUT2D eigenvalue weighted by Gasteiger charge is 2.43. The van der Waals surface area contributed by atoms with Gasteiger partial charge in [-0.15, -0.1) is 0 Å². The quantitative estimate of drug-likeness (QED) is 0.931. The van der Waals surface area contributed by atoms with Crippen molar-refractivity contribution in [2.75, 3.05) is 5.32 Å². The fraction of sp³-hybridized carbons (Fsp3) is 0.438. The van der Waals surface area contributed by atoms with Crippen LogP contribution in [0, 0.1) is 11.8 Å². The summed E-state index contributed by atoms with van der Waals surface area (Å²) in [7, 11) is 0. The molecule has 1 aliphatic carbocycles. The molecule has 3 rings (SSSR count). The predicted octanol–water partition coefficient (Wildman–Crippen LogP) is 3.57. The molecule has 0 bridgehead atoms. The van der Waals surface area contributed by atoms with Crippen LogP contribution < -0.4 is 5.32 Å². The van der Waals surface area contributed by atoms with Crippen LogP contribution in [0.1, 0.15) is 25.7 Å². The maximum absolute atomic E-state index is 12.8. The molecule has 128 valence electrons. The van der Waals surface area contributed by atoms with E-state index < -0.39 is 18.0 Å². The molecule has 24 heavy (non-hydrogen) atoms. The number of pyridine rings is 1. The van der Waals surface area contributed by atoms with E-state index in [2.05, 4.69) is 15.4 Å². The SMILES string of the molecule is O=C(Nc1ccc(-n2cccn2)nc1)[C@H]1CCC[C@H](C(F)(F)F)C1. The number of nitrogens with one attached hydrogen (secondary N) is 1. The van der Waals surface area contributed by atoms with Crippen LogP contribution in [0.25, 0.3) is 5.82 Å². The van der Waals surface area contributed by atoms with E-state index in [1.807, 2.05) is 0 Å². The van der Waals surface area contributed by atoms with E-state index >= 15 is 0 Å². The van der Waals surface area contributed by atoms with Crippen LogP contribution in [0.2, 0.25) is 0 Å². The number of hydrogen-bond acceptors (Lipinski definition) is 3. The van der Waals surface area contributed by atoms with Gasteiger partial charge in [0.15, 0.2) is 5.82 Å². The first-order chi connectivity index (χ1) is 11.4. The second-order valence-corrected chi connectivity index (χ2v) is 5.95. The Labute approximate surface area is 136 Å². The van der Waals surface area contributed by atoms with Crippen LogP contribution in [0.3, 0.4) is 0 Å². The molecule has 2 aromatic rings. The molecule has 5 nitrogen and oxygen atoms in total. The standard InChI is InChI=1S/C16H17F3N4O/c17-16(18,19)12-4-1-3-11(9-12)15(24)22-13-5-6-14(20-10-13)23-8-2-7-21-23/h2,5-8,10-12H,1,3-4,9H2,(H,22,24)/t11-,12-/m0/s1. The zero-order valence-electron chi connectivity index (χ0n) is 12.8. The normalized spacial score (nSPS) is 21.5. The largest absolute Gasteiger partial charge is 0.391 e. The van der Waals surface area contributed by atoms with Crippen molar-refractivity contribution in [1.82, 2.24) is 14.8 Å². The molecule has 1 aliphatic rings. The average molecular weight is 338 g/mol. The van der Waals surface area contributed by atoms with Crippen molar-refractivity contribution in [3.05, 3.63) is 36.8 Å². The maximum Gasteiger partial charge on any atom is 0.391 e. The minimum absolute atomic E-state index is 0.105. The molecule has 1 fully saturated rings.